The highest BCUT2D eigenvalue weighted by molar-refractivity contribution is 5.46. The topological polar surface area (TPSA) is 28.4 Å². The summed E-state index contributed by atoms with van der Waals surface area (Å²) in [4.78, 5) is 2.01. The predicted molar refractivity (Wildman–Crippen MR) is 83.8 cm³/mol. The lowest BCUT2D eigenvalue weighted by molar-refractivity contribution is 0.460. The molecular formula is C17H23FN2O. The van der Waals surface area contributed by atoms with Crippen LogP contribution >= 0.6 is 0 Å². The van der Waals surface area contributed by atoms with Crippen molar-refractivity contribution in [3.05, 3.63) is 53.7 Å². The summed E-state index contributed by atoms with van der Waals surface area (Å²) in [6, 6.07) is 8.59. The number of anilines is 1. The molecule has 114 valence electrons. The number of furan rings is 1. The van der Waals surface area contributed by atoms with E-state index in [4.69, 9.17) is 4.42 Å². The molecule has 0 saturated carbocycles. The Kier molecular flexibility index (Phi) is 5.39. The second kappa shape index (κ2) is 7.27. The third kappa shape index (κ3) is 4.60. The zero-order valence-corrected chi connectivity index (χ0v) is 12.9. The van der Waals surface area contributed by atoms with Crippen molar-refractivity contribution >= 4 is 5.69 Å². The summed E-state index contributed by atoms with van der Waals surface area (Å²) in [5.41, 5.74) is 1.98. The van der Waals surface area contributed by atoms with Gasteiger partial charge in [0.05, 0.1) is 12.8 Å². The van der Waals surface area contributed by atoms with Crippen molar-refractivity contribution in [2.24, 2.45) is 5.92 Å². The molecular weight excluding hydrogens is 267 g/mol. The lowest BCUT2D eigenvalue weighted by Gasteiger charge is -2.19. The molecule has 0 saturated heterocycles. The van der Waals surface area contributed by atoms with E-state index in [0.717, 1.165) is 30.1 Å². The molecule has 0 bridgehead atoms. The van der Waals surface area contributed by atoms with Gasteiger partial charge in [-0.25, -0.2) is 4.39 Å². The van der Waals surface area contributed by atoms with Crippen LogP contribution in [0.3, 0.4) is 0 Å². The first-order valence-electron chi connectivity index (χ1n) is 7.29. The van der Waals surface area contributed by atoms with E-state index < -0.39 is 0 Å². The molecule has 3 nitrogen and oxygen atoms in total. The van der Waals surface area contributed by atoms with Crippen molar-refractivity contribution < 1.29 is 8.81 Å². The van der Waals surface area contributed by atoms with Gasteiger partial charge in [0.1, 0.15) is 11.6 Å². The zero-order valence-electron chi connectivity index (χ0n) is 12.9. The van der Waals surface area contributed by atoms with E-state index in [1.54, 1.807) is 12.3 Å². The molecule has 21 heavy (non-hydrogen) atoms. The number of benzene rings is 1. The SMILES string of the molecule is CC(C)CNCc1occc1CN(C)c1cccc(F)c1. The van der Waals surface area contributed by atoms with Crippen molar-refractivity contribution in [1.29, 1.82) is 0 Å². The van der Waals surface area contributed by atoms with Gasteiger partial charge in [0.15, 0.2) is 0 Å². The molecule has 2 rings (SSSR count). The minimum Gasteiger partial charge on any atom is -0.468 e. The number of hydrogen-bond acceptors (Lipinski definition) is 3. The molecule has 0 aliphatic rings. The maximum atomic E-state index is 13.3. The van der Waals surface area contributed by atoms with Crippen LogP contribution in [-0.4, -0.2) is 13.6 Å². The van der Waals surface area contributed by atoms with Crippen LogP contribution in [0.1, 0.15) is 25.2 Å². The minimum absolute atomic E-state index is 0.217. The van der Waals surface area contributed by atoms with Crippen LogP contribution in [0.15, 0.2) is 41.0 Å². The van der Waals surface area contributed by atoms with E-state index in [-0.39, 0.29) is 5.82 Å². The highest BCUT2D eigenvalue weighted by atomic mass is 19.1. The Labute approximate surface area is 125 Å². The molecule has 0 unspecified atom stereocenters. The normalized spacial score (nSPS) is 11.1. The lowest BCUT2D eigenvalue weighted by atomic mass is 10.2. The lowest BCUT2D eigenvalue weighted by Crippen LogP contribution is -2.21. The molecule has 1 N–H and O–H groups in total. The van der Waals surface area contributed by atoms with E-state index in [2.05, 4.69) is 19.2 Å². The van der Waals surface area contributed by atoms with Crippen LogP contribution in [0, 0.1) is 11.7 Å². The van der Waals surface area contributed by atoms with Gasteiger partial charge in [-0.1, -0.05) is 19.9 Å². The van der Waals surface area contributed by atoms with Gasteiger partial charge < -0.3 is 14.6 Å². The zero-order chi connectivity index (χ0) is 15.2. The minimum atomic E-state index is -0.217. The summed E-state index contributed by atoms with van der Waals surface area (Å²) in [5.74, 6) is 1.34. The van der Waals surface area contributed by atoms with Crippen molar-refractivity contribution in [1.82, 2.24) is 5.32 Å². The van der Waals surface area contributed by atoms with Gasteiger partial charge in [-0.15, -0.1) is 0 Å². The van der Waals surface area contributed by atoms with E-state index in [1.165, 1.54) is 12.1 Å². The van der Waals surface area contributed by atoms with Gasteiger partial charge in [0, 0.05) is 24.8 Å². The summed E-state index contributed by atoms with van der Waals surface area (Å²) >= 11 is 0. The fraction of sp³-hybridized carbons (Fsp3) is 0.412. The van der Waals surface area contributed by atoms with Crippen molar-refractivity contribution in [3.8, 4) is 0 Å². The average molecular weight is 290 g/mol. The van der Waals surface area contributed by atoms with Crippen LogP contribution in [0.2, 0.25) is 0 Å². The van der Waals surface area contributed by atoms with Gasteiger partial charge in [0.25, 0.3) is 0 Å². The van der Waals surface area contributed by atoms with E-state index >= 15 is 0 Å². The first-order chi connectivity index (χ1) is 10.1. The Morgan fingerprint density at radius 3 is 2.81 bits per heavy atom. The third-order valence-electron chi connectivity index (χ3n) is 3.33. The number of nitrogens with one attached hydrogen (secondary N) is 1. The maximum absolute atomic E-state index is 13.3. The molecule has 1 heterocycles. The fourth-order valence-corrected chi connectivity index (χ4v) is 2.20. The molecule has 0 radical (unpaired) electrons. The summed E-state index contributed by atoms with van der Waals surface area (Å²) in [6.45, 7) is 6.72. The molecule has 4 heteroatoms. The number of hydrogen-bond donors (Lipinski definition) is 1. The summed E-state index contributed by atoms with van der Waals surface area (Å²) in [7, 11) is 1.95. The Morgan fingerprint density at radius 1 is 1.29 bits per heavy atom. The Bertz CT molecular complexity index is 565. The first kappa shape index (κ1) is 15.6. The largest absolute Gasteiger partial charge is 0.468 e. The van der Waals surface area contributed by atoms with Crippen molar-refractivity contribution in [2.75, 3.05) is 18.5 Å². The van der Waals surface area contributed by atoms with Gasteiger partial charge in [-0.05, 0) is 36.7 Å². The quantitative estimate of drug-likeness (QED) is 0.840. The van der Waals surface area contributed by atoms with Gasteiger partial charge in [0.2, 0.25) is 0 Å². The van der Waals surface area contributed by atoms with Crippen LogP contribution in [0.4, 0.5) is 10.1 Å². The highest BCUT2D eigenvalue weighted by Gasteiger charge is 2.10. The summed E-state index contributed by atoms with van der Waals surface area (Å²) in [5, 5.41) is 3.38. The third-order valence-corrected chi connectivity index (χ3v) is 3.33. The molecule has 1 aromatic carbocycles. The summed E-state index contributed by atoms with van der Waals surface area (Å²) in [6.07, 6.45) is 1.71. The molecule has 0 aliphatic carbocycles. The predicted octanol–water partition coefficient (Wildman–Crippen LogP) is 3.80. The van der Waals surface area contributed by atoms with E-state index in [9.17, 15) is 4.39 Å². The molecule has 0 atom stereocenters. The van der Waals surface area contributed by atoms with Crippen molar-refractivity contribution in [2.45, 2.75) is 26.9 Å². The average Bonchev–Trinajstić information content (AvgIpc) is 2.86. The van der Waals surface area contributed by atoms with Gasteiger partial charge in [-0.2, -0.15) is 0 Å². The monoisotopic (exact) mass is 290 g/mol. The number of halogens is 1. The second-order valence-corrected chi connectivity index (χ2v) is 5.73. The Hall–Kier alpha value is -1.81. The van der Waals surface area contributed by atoms with Gasteiger partial charge in [-0.3, -0.25) is 0 Å². The molecule has 0 amide bonds. The standard InChI is InChI=1S/C17H23FN2O/c1-13(2)10-19-11-17-14(7-8-21-17)12-20(3)16-6-4-5-15(18)9-16/h4-9,13,19H,10-12H2,1-3H3. The van der Waals surface area contributed by atoms with E-state index in [1.807, 2.05) is 24.1 Å². The summed E-state index contributed by atoms with van der Waals surface area (Å²) < 4.78 is 18.8. The highest BCUT2D eigenvalue weighted by Crippen LogP contribution is 2.19. The Balaban J connectivity index is 1.98. The maximum Gasteiger partial charge on any atom is 0.125 e. The molecule has 0 spiro atoms. The molecule has 2 aromatic rings. The van der Waals surface area contributed by atoms with Crippen LogP contribution < -0.4 is 10.2 Å². The molecule has 0 aliphatic heterocycles. The molecule has 0 fully saturated rings. The fourth-order valence-electron chi connectivity index (χ4n) is 2.20. The second-order valence-electron chi connectivity index (χ2n) is 5.73. The smallest absolute Gasteiger partial charge is 0.125 e. The van der Waals surface area contributed by atoms with Gasteiger partial charge >= 0.3 is 0 Å². The first-order valence-corrected chi connectivity index (χ1v) is 7.29. The van der Waals surface area contributed by atoms with Crippen LogP contribution in [0.5, 0.6) is 0 Å². The van der Waals surface area contributed by atoms with E-state index in [0.29, 0.717) is 12.5 Å². The number of rotatable bonds is 7. The Morgan fingerprint density at radius 2 is 2.10 bits per heavy atom. The van der Waals surface area contributed by atoms with Crippen LogP contribution in [-0.2, 0) is 13.1 Å². The van der Waals surface area contributed by atoms with Crippen LogP contribution in [0.25, 0.3) is 0 Å². The number of nitrogens with zero attached hydrogens (tertiary/aromatic N) is 1. The van der Waals surface area contributed by atoms with Crippen molar-refractivity contribution in [3.63, 3.8) is 0 Å². The molecule has 1 aromatic heterocycles.